The summed E-state index contributed by atoms with van der Waals surface area (Å²) >= 11 is 6.72. The van der Waals surface area contributed by atoms with Crippen molar-refractivity contribution in [1.29, 1.82) is 0 Å². The summed E-state index contributed by atoms with van der Waals surface area (Å²) in [6.45, 7) is 0. The largest absolute Gasteiger partial charge is 0.355 e. The number of hydrogen-bond donors (Lipinski definition) is 1. The van der Waals surface area contributed by atoms with E-state index in [1.54, 1.807) is 0 Å². The first-order valence-corrected chi connectivity index (χ1v) is 9.65. The molecule has 0 radical (unpaired) electrons. The highest BCUT2D eigenvalue weighted by molar-refractivity contribution is 6.33. The average Bonchev–Trinajstić information content (AvgIpc) is 3.05. The molecular weight excluding hydrogens is 338 g/mol. The molecule has 1 fully saturated rings. The standard InChI is InChI=1S/C24H20ClN/c25-21-13-6-12-18(16-8-5-9-16)24(21)20-11-3-2-10-19(20)23-15-17-7-1-4-14-22(17)26-23/h1-4,6-7,10-16,26H,5,8-9H2. The summed E-state index contributed by atoms with van der Waals surface area (Å²) in [5.74, 6) is 0.638. The van der Waals surface area contributed by atoms with Crippen LogP contribution in [0.4, 0.5) is 0 Å². The number of rotatable bonds is 3. The van der Waals surface area contributed by atoms with Gasteiger partial charge in [-0.15, -0.1) is 0 Å². The monoisotopic (exact) mass is 357 g/mol. The van der Waals surface area contributed by atoms with Crippen LogP contribution >= 0.6 is 11.6 Å². The van der Waals surface area contributed by atoms with Crippen LogP contribution in [-0.4, -0.2) is 4.98 Å². The van der Waals surface area contributed by atoms with E-state index < -0.39 is 0 Å². The highest BCUT2D eigenvalue weighted by Gasteiger charge is 2.25. The maximum absolute atomic E-state index is 6.72. The first kappa shape index (κ1) is 15.7. The van der Waals surface area contributed by atoms with Gasteiger partial charge in [-0.1, -0.05) is 72.6 Å². The smallest absolute Gasteiger partial charge is 0.0487 e. The van der Waals surface area contributed by atoms with Gasteiger partial charge in [-0.25, -0.2) is 0 Å². The zero-order valence-electron chi connectivity index (χ0n) is 14.5. The van der Waals surface area contributed by atoms with Crippen molar-refractivity contribution in [3.8, 4) is 22.4 Å². The van der Waals surface area contributed by atoms with Gasteiger partial charge in [-0.3, -0.25) is 0 Å². The minimum Gasteiger partial charge on any atom is -0.355 e. The molecule has 1 aliphatic carbocycles. The number of fused-ring (bicyclic) bond motifs is 1. The molecule has 0 atom stereocenters. The molecular formula is C24H20ClN. The molecule has 1 saturated carbocycles. The van der Waals surface area contributed by atoms with Gasteiger partial charge in [0.1, 0.15) is 0 Å². The van der Waals surface area contributed by atoms with Gasteiger partial charge in [0.25, 0.3) is 0 Å². The summed E-state index contributed by atoms with van der Waals surface area (Å²) in [6, 6.07) is 25.6. The van der Waals surface area contributed by atoms with Gasteiger partial charge in [0, 0.05) is 32.7 Å². The Labute approximate surface area is 158 Å². The molecule has 1 aromatic heterocycles. The van der Waals surface area contributed by atoms with Crippen LogP contribution in [0.1, 0.15) is 30.7 Å². The predicted octanol–water partition coefficient (Wildman–Crippen LogP) is 7.42. The lowest BCUT2D eigenvalue weighted by Gasteiger charge is -2.29. The second kappa shape index (κ2) is 6.34. The van der Waals surface area contributed by atoms with Gasteiger partial charge in [0.15, 0.2) is 0 Å². The molecule has 2 heteroatoms. The fraction of sp³-hybridized carbons (Fsp3) is 0.167. The lowest BCUT2D eigenvalue weighted by molar-refractivity contribution is 0.420. The fourth-order valence-electron chi connectivity index (χ4n) is 4.04. The van der Waals surface area contributed by atoms with Crippen molar-refractivity contribution in [1.82, 2.24) is 4.98 Å². The molecule has 1 aliphatic rings. The quantitative estimate of drug-likeness (QED) is 0.392. The number of aromatic amines is 1. The third kappa shape index (κ3) is 2.55. The van der Waals surface area contributed by atoms with Crippen molar-refractivity contribution in [2.24, 2.45) is 0 Å². The van der Waals surface area contributed by atoms with Crippen LogP contribution in [-0.2, 0) is 0 Å². The van der Waals surface area contributed by atoms with E-state index in [4.69, 9.17) is 11.6 Å². The molecule has 26 heavy (non-hydrogen) atoms. The Kier molecular flexibility index (Phi) is 3.83. The zero-order chi connectivity index (χ0) is 17.5. The predicted molar refractivity (Wildman–Crippen MR) is 111 cm³/mol. The Bertz CT molecular complexity index is 1060. The molecule has 0 unspecified atom stereocenters. The molecule has 1 N–H and O–H groups in total. The normalized spacial score (nSPS) is 14.5. The number of para-hydroxylation sites is 1. The van der Waals surface area contributed by atoms with Crippen LogP contribution in [0.2, 0.25) is 5.02 Å². The Balaban J connectivity index is 1.72. The van der Waals surface area contributed by atoms with Gasteiger partial charge >= 0.3 is 0 Å². The van der Waals surface area contributed by atoms with Gasteiger partial charge in [0.05, 0.1) is 0 Å². The van der Waals surface area contributed by atoms with Crippen molar-refractivity contribution in [2.75, 3.05) is 0 Å². The van der Waals surface area contributed by atoms with Gasteiger partial charge in [0.2, 0.25) is 0 Å². The zero-order valence-corrected chi connectivity index (χ0v) is 15.3. The van der Waals surface area contributed by atoms with Crippen LogP contribution in [0.15, 0.2) is 72.8 Å². The summed E-state index contributed by atoms with van der Waals surface area (Å²) in [7, 11) is 0. The Hall–Kier alpha value is -2.51. The average molecular weight is 358 g/mol. The van der Waals surface area contributed by atoms with Crippen molar-refractivity contribution < 1.29 is 0 Å². The summed E-state index contributed by atoms with van der Waals surface area (Å²) in [6.07, 6.45) is 3.85. The molecule has 0 amide bonds. The topological polar surface area (TPSA) is 15.8 Å². The first-order chi connectivity index (χ1) is 12.8. The lowest BCUT2D eigenvalue weighted by Crippen LogP contribution is -2.10. The van der Waals surface area contributed by atoms with Gasteiger partial charge in [-0.05, 0) is 48.1 Å². The summed E-state index contributed by atoms with van der Waals surface area (Å²) < 4.78 is 0. The van der Waals surface area contributed by atoms with Crippen molar-refractivity contribution in [3.63, 3.8) is 0 Å². The molecule has 128 valence electrons. The molecule has 5 rings (SSSR count). The van der Waals surface area contributed by atoms with E-state index in [9.17, 15) is 0 Å². The maximum atomic E-state index is 6.72. The SMILES string of the molecule is Clc1cccc(C2CCC2)c1-c1ccccc1-c1cc2ccccc2[nH]1. The summed E-state index contributed by atoms with van der Waals surface area (Å²) in [5.41, 5.74) is 7.32. The van der Waals surface area contributed by atoms with E-state index in [0.717, 1.165) is 16.2 Å². The highest BCUT2D eigenvalue weighted by atomic mass is 35.5. The van der Waals surface area contributed by atoms with E-state index in [1.165, 1.54) is 46.9 Å². The van der Waals surface area contributed by atoms with E-state index in [2.05, 4.69) is 71.7 Å². The molecule has 1 heterocycles. The fourth-order valence-corrected chi connectivity index (χ4v) is 4.32. The van der Waals surface area contributed by atoms with E-state index in [1.807, 2.05) is 6.07 Å². The minimum atomic E-state index is 0.638. The summed E-state index contributed by atoms with van der Waals surface area (Å²) in [4.78, 5) is 3.58. The van der Waals surface area contributed by atoms with Crippen LogP contribution in [0.3, 0.4) is 0 Å². The third-order valence-electron chi connectivity index (χ3n) is 5.61. The molecule has 1 nitrogen and oxygen atoms in total. The van der Waals surface area contributed by atoms with E-state index in [0.29, 0.717) is 5.92 Å². The molecule has 3 aromatic carbocycles. The second-order valence-electron chi connectivity index (χ2n) is 7.15. The number of benzene rings is 3. The number of nitrogens with one attached hydrogen (secondary N) is 1. The number of aromatic nitrogens is 1. The number of H-pyrrole nitrogens is 1. The van der Waals surface area contributed by atoms with Crippen LogP contribution in [0, 0.1) is 0 Å². The van der Waals surface area contributed by atoms with Crippen LogP contribution < -0.4 is 0 Å². The third-order valence-corrected chi connectivity index (χ3v) is 5.92. The van der Waals surface area contributed by atoms with E-state index >= 15 is 0 Å². The number of hydrogen-bond acceptors (Lipinski definition) is 0. The molecule has 0 saturated heterocycles. The van der Waals surface area contributed by atoms with Crippen LogP contribution in [0.25, 0.3) is 33.3 Å². The molecule has 4 aromatic rings. The number of halogens is 1. The van der Waals surface area contributed by atoms with Gasteiger partial charge < -0.3 is 4.98 Å². The molecule has 0 bridgehead atoms. The second-order valence-corrected chi connectivity index (χ2v) is 7.55. The van der Waals surface area contributed by atoms with E-state index in [-0.39, 0.29) is 0 Å². The minimum absolute atomic E-state index is 0.638. The Morgan fingerprint density at radius 3 is 2.35 bits per heavy atom. The summed E-state index contributed by atoms with van der Waals surface area (Å²) in [5, 5.41) is 2.08. The molecule has 0 spiro atoms. The highest BCUT2D eigenvalue weighted by Crippen LogP contribution is 2.46. The maximum Gasteiger partial charge on any atom is 0.0487 e. The lowest BCUT2D eigenvalue weighted by atomic mass is 9.76. The Morgan fingerprint density at radius 1 is 0.808 bits per heavy atom. The van der Waals surface area contributed by atoms with Crippen molar-refractivity contribution in [3.05, 3.63) is 83.4 Å². The molecule has 0 aliphatic heterocycles. The van der Waals surface area contributed by atoms with Crippen molar-refractivity contribution >= 4 is 22.5 Å². The Morgan fingerprint density at radius 2 is 1.58 bits per heavy atom. The van der Waals surface area contributed by atoms with Crippen molar-refractivity contribution in [2.45, 2.75) is 25.2 Å². The van der Waals surface area contributed by atoms with Crippen LogP contribution in [0.5, 0.6) is 0 Å². The van der Waals surface area contributed by atoms with Gasteiger partial charge in [-0.2, -0.15) is 0 Å². The first-order valence-electron chi connectivity index (χ1n) is 9.27.